The molecule has 0 radical (unpaired) electrons. The fourth-order valence-electron chi connectivity index (χ4n) is 2.50. The molecule has 3 atom stereocenters. The Morgan fingerprint density at radius 3 is 2.56 bits per heavy atom. The van der Waals surface area contributed by atoms with Crippen molar-refractivity contribution in [2.24, 2.45) is 11.3 Å². The van der Waals surface area contributed by atoms with Crippen LogP contribution in [-0.2, 0) is 0 Å². The van der Waals surface area contributed by atoms with Crippen LogP contribution in [0.1, 0.15) is 32.6 Å². The van der Waals surface area contributed by atoms with Crippen molar-refractivity contribution < 1.29 is 5.11 Å². The second-order valence-corrected chi connectivity index (χ2v) is 4.01. The molecule has 1 N–H and O–H groups in total. The first-order valence-corrected chi connectivity index (χ1v) is 3.89. The molecule has 2 fully saturated rings. The van der Waals surface area contributed by atoms with E-state index in [-0.39, 0.29) is 6.10 Å². The Morgan fingerprint density at radius 1 is 1.56 bits per heavy atom. The number of fused-ring (bicyclic) bond motifs is 2. The van der Waals surface area contributed by atoms with Gasteiger partial charge in [-0.05, 0) is 37.0 Å². The number of aliphatic hydroxyl groups excluding tert-OH is 1. The van der Waals surface area contributed by atoms with Gasteiger partial charge in [-0.1, -0.05) is 6.92 Å². The summed E-state index contributed by atoms with van der Waals surface area (Å²) in [7, 11) is 0. The fourth-order valence-corrected chi connectivity index (χ4v) is 2.50. The van der Waals surface area contributed by atoms with E-state index in [0.717, 1.165) is 12.3 Å². The van der Waals surface area contributed by atoms with Gasteiger partial charge in [-0.25, -0.2) is 0 Å². The quantitative estimate of drug-likeness (QED) is 0.522. The molecule has 0 aromatic rings. The molecular weight excluding hydrogens is 112 g/mol. The van der Waals surface area contributed by atoms with E-state index < -0.39 is 0 Å². The lowest BCUT2D eigenvalue weighted by atomic mass is 9.84. The van der Waals surface area contributed by atoms with Gasteiger partial charge in [-0.3, -0.25) is 0 Å². The Balaban J connectivity index is 2.22. The first kappa shape index (κ1) is 5.72. The molecule has 0 aliphatic heterocycles. The number of aliphatic hydroxyl groups is 1. The standard InChI is InChI=1S/C8H14O/c1-8-3-2-6(5-8)4-7(8)9/h6-7,9H,2-5H2,1H3/t6-,7+,8-/m0/s1. The predicted molar refractivity (Wildman–Crippen MR) is 36.1 cm³/mol. The Morgan fingerprint density at radius 2 is 2.33 bits per heavy atom. The highest BCUT2D eigenvalue weighted by atomic mass is 16.3. The normalized spacial score (nSPS) is 56.7. The van der Waals surface area contributed by atoms with E-state index in [2.05, 4.69) is 6.92 Å². The average Bonchev–Trinajstić information content (AvgIpc) is 2.22. The molecule has 2 rings (SSSR count). The number of rotatable bonds is 0. The van der Waals surface area contributed by atoms with Crippen molar-refractivity contribution >= 4 is 0 Å². The van der Waals surface area contributed by atoms with Gasteiger partial charge in [0.2, 0.25) is 0 Å². The van der Waals surface area contributed by atoms with Gasteiger partial charge >= 0.3 is 0 Å². The smallest absolute Gasteiger partial charge is 0.0596 e. The first-order chi connectivity index (χ1) is 4.21. The molecular formula is C8H14O. The highest BCUT2D eigenvalue weighted by Crippen LogP contribution is 2.53. The predicted octanol–water partition coefficient (Wildman–Crippen LogP) is 1.56. The van der Waals surface area contributed by atoms with Crippen LogP contribution in [0.5, 0.6) is 0 Å². The molecule has 0 aromatic carbocycles. The van der Waals surface area contributed by atoms with Gasteiger partial charge in [0.15, 0.2) is 0 Å². The summed E-state index contributed by atoms with van der Waals surface area (Å²) < 4.78 is 0. The Hall–Kier alpha value is -0.0400. The molecule has 0 aromatic heterocycles. The van der Waals surface area contributed by atoms with Gasteiger partial charge in [0.05, 0.1) is 6.10 Å². The summed E-state index contributed by atoms with van der Waals surface area (Å²) in [5.41, 5.74) is 0.324. The van der Waals surface area contributed by atoms with Crippen molar-refractivity contribution in [3.05, 3.63) is 0 Å². The summed E-state index contributed by atoms with van der Waals surface area (Å²) in [5, 5.41) is 9.48. The summed E-state index contributed by atoms with van der Waals surface area (Å²) in [6, 6.07) is 0. The zero-order valence-corrected chi connectivity index (χ0v) is 5.93. The van der Waals surface area contributed by atoms with Crippen molar-refractivity contribution in [1.82, 2.24) is 0 Å². The molecule has 1 nitrogen and oxygen atoms in total. The third-order valence-electron chi connectivity index (χ3n) is 3.24. The minimum Gasteiger partial charge on any atom is -0.393 e. The molecule has 2 aliphatic carbocycles. The second kappa shape index (κ2) is 1.51. The zero-order chi connectivity index (χ0) is 6.48. The van der Waals surface area contributed by atoms with Crippen LogP contribution >= 0.6 is 0 Å². The Kier molecular flexibility index (Phi) is 0.963. The molecule has 0 heterocycles. The van der Waals surface area contributed by atoms with Crippen LogP contribution in [0.4, 0.5) is 0 Å². The summed E-state index contributed by atoms with van der Waals surface area (Å²) in [5.74, 6) is 0.866. The van der Waals surface area contributed by atoms with Gasteiger partial charge in [-0.2, -0.15) is 0 Å². The van der Waals surface area contributed by atoms with E-state index in [1.165, 1.54) is 19.3 Å². The summed E-state index contributed by atoms with van der Waals surface area (Å²) >= 11 is 0. The third-order valence-corrected chi connectivity index (χ3v) is 3.24. The molecule has 9 heavy (non-hydrogen) atoms. The molecule has 2 saturated carbocycles. The number of hydrogen-bond acceptors (Lipinski definition) is 1. The molecule has 0 spiro atoms. The summed E-state index contributed by atoms with van der Waals surface area (Å²) in [4.78, 5) is 0. The van der Waals surface area contributed by atoms with Crippen molar-refractivity contribution in [2.45, 2.75) is 38.7 Å². The van der Waals surface area contributed by atoms with Crippen LogP contribution in [-0.4, -0.2) is 11.2 Å². The highest BCUT2D eigenvalue weighted by Gasteiger charge is 2.47. The van der Waals surface area contributed by atoms with Crippen LogP contribution in [0, 0.1) is 11.3 Å². The Bertz CT molecular complexity index is 133. The molecule has 0 saturated heterocycles. The maximum atomic E-state index is 9.48. The van der Waals surface area contributed by atoms with Crippen molar-refractivity contribution in [3.63, 3.8) is 0 Å². The van der Waals surface area contributed by atoms with E-state index in [9.17, 15) is 5.11 Å². The number of hydrogen-bond donors (Lipinski definition) is 1. The van der Waals surface area contributed by atoms with Gasteiger partial charge in [0.1, 0.15) is 0 Å². The van der Waals surface area contributed by atoms with Crippen LogP contribution < -0.4 is 0 Å². The molecule has 1 heteroatoms. The summed E-state index contributed by atoms with van der Waals surface area (Å²) in [6.07, 6.45) is 5.02. The van der Waals surface area contributed by atoms with Gasteiger partial charge in [0.25, 0.3) is 0 Å². The second-order valence-electron chi connectivity index (χ2n) is 4.01. The first-order valence-electron chi connectivity index (χ1n) is 3.89. The van der Waals surface area contributed by atoms with Crippen molar-refractivity contribution in [2.75, 3.05) is 0 Å². The van der Waals surface area contributed by atoms with Crippen molar-refractivity contribution in [1.29, 1.82) is 0 Å². The van der Waals surface area contributed by atoms with Gasteiger partial charge < -0.3 is 5.11 Å². The minimum atomic E-state index is 0.0243. The van der Waals surface area contributed by atoms with E-state index in [1.54, 1.807) is 0 Å². The SMILES string of the molecule is C[C@@]12CC[C@@H](C[C@H]1O)C2. The van der Waals surface area contributed by atoms with E-state index in [0.29, 0.717) is 5.41 Å². The molecule has 2 aliphatic rings. The van der Waals surface area contributed by atoms with Crippen molar-refractivity contribution in [3.8, 4) is 0 Å². The highest BCUT2D eigenvalue weighted by molar-refractivity contribution is 4.98. The lowest BCUT2D eigenvalue weighted by Crippen LogP contribution is -2.26. The van der Waals surface area contributed by atoms with Crippen LogP contribution in [0.3, 0.4) is 0 Å². The van der Waals surface area contributed by atoms with Crippen LogP contribution in [0.25, 0.3) is 0 Å². The monoisotopic (exact) mass is 126 g/mol. The summed E-state index contributed by atoms with van der Waals surface area (Å²) in [6.45, 7) is 2.23. The minimum absolute atomic E-state index is 0.0243. The van der Waals surface area contributed by atoms with E-state index in [4.69, 9.17) is 0 Å². The van der Waals surface area contributed by atoms with Crippen LogP contribution in [0.15, 0.2) is 0 Å². The lowest BCUT2D eigenvalue weighted by Gasteiger charge is -2.26. The maximum Gasteiger partial charge on any atom is 0.0596 e. The molecule has 0 amide bonds. The third kappa shape index (κ3) is 0.644. The lowest BCUT2D eigenvalue weighted by molar-refractivity contribution is 0.0532. The molecule has 0 unspecified atom stereocenters. The van der Waals surface area contributed by atoms with Gasteiger partial charge in [-0.15, -0.1) is 0 Å². The van der Waals surface area contributed by atoms with E-state index >= 15 is 0 Å². The topological polar surface area (TPSA) is 20.2 Å². The Labute approximate surface area is 56.1 Å². The average molecular weight is 126 g/mol. The van der Waals surface area contributed by atoms with Crippen LogP contribution in [0.2, 0.25) is 0 Å². The van der Waals surface area contributed by atoms with E-state index in [1.807, 2.05) is 0 Å². The molecule has 2 bridgehead atoms. The van der Waals surface area contributed by atoms with Gasteiger partial charge in [0, 0.05) is 0 Å². The maximum absolute atomic E-state index is 9.48. The zero-order valence-electron chi connectivity index (χ0n) is 5.93. The fraction of sp³-hybridized carbons (Fsp3) is 1.00. The molecule has 52 valence electrons. The largest absolute Gasteiger partial charge is 0.393 e.